The van der Waals surface area contributed by atoms with E-state index in [-0.39, 0.29) is 5.41 Å². The highest BCUT2D eigenvalue weighted by molar-refractivity contribution is 5.77. The van der Waals surface area contributed by atoms with Crippen LogP contribution < -0.4 is 0 Å². The maximum absolute atomic E-state index is 12.5. The van der Waals surface area contributed by atoms with Crippen LogP contribution in [0.4, 0.5) is 0 Å². The van der Waals surface area contributed by atoms with Crippen LogP contribution >= 0.6 is 0 Å². The van der Waals surface area contributed by atoms with Crippen molar-refractivity contribution < 1.29 is 9.90 Å². The molecule has 2 unspecified atom stereocenters. The van der Waals surface area contributed by atoms with Crippen molar-refractivity contribution in [2.45, 2.75) is 63.4 Å². The highest BCUT2D eigenvalue weighted by Crippen LogP contribution is 2.62. The van der Waals surface area contributed by atoms with E-state index in [0.717, 1.165) is 32.4 Å². The fourth-order valence-corrected chi connectivity index (χ4v) is 6.01. The second kappa shape index (κ2) is 3.97. The Morgan fingerprint density at radius 2 is 1.74 bits per heavy atom. The van der Waals surface area contributed by atoms with Crippen LogP contribution in [0.15, 0.2) is 0 Å². The molecule has 0 aromatic heterocycles. The third-order valence-corrected chi connectivity index (χ3v) is 6.14. The van der Waals surface area contributed by atoms with Gasteiger partial charge in [-0.2, -0.15) is 0 Å². The van der Waals surface area contributed by atoms with Gasteiger partial charge in [-0.15, -0.1) is 0 Å². The van der Waals surface area contributed by atoms with Crippen LogP contribution in [0.25, 0.3) is 0 Å². The van der Waals surface area contributed by atoms with Gasteiger partial charge in [0, 0.05) is 19.5 Å². The number of nitrogens with zero attached hydrogens (tertiary/aromatic N) is 1. The predicted octanol–water partition coefficient (Wildman–Crippen LogP) is 2.33. The van der Waals surface area contributed by atoms with Crippen molar-refractivity contribution >= 4 is 5.91 Å². The number of aliphatic hydroxyl groups is 1. The Morgan fingerprint density at radius 3 is 2.32 bits per heavy atom. The minimum Gasteiger partial charge on any atom is -0.390 e. The molecule has 106 valence electrons. The van der Waals surface area contributed by atoms with E-state index in [1.807, 2.05) is 0 Å². The highest BCUT2D eigenvalue weighted by atomic mass is 16.3. The second-order valence-electron chi connectivity index (χ2n) is 7.95. The molecule has 0 radical (unpaired) electrons. The quantitative estimate of drug-likeness (QED) is 0.830. The summed E-state index contributed by atoms with van der Waals surface area (Å²) in [5.41, 5.74) is -0.270. The summed E-state index contributed by atoms with van der Waals surface area (Å²) in [7, 11) is 0. The van der Waals surface area contributed by atoms with Crippen molar-refractivity contribution in [3.8, 4) is 0 Å². The molecule has 4 saturated carbocycles. The number of carbonyl (C=O) groups excluding carboxylic acids is 1. The molecule has 5 rings (SSSR count). The van der Waals surface area contributed by atoms with Crippen LogP contribution in [0.5, 0.6) is 0 Å². The Kier molecular flexibility index (Phi) is 2.55. The van der Waals surface area contributed by atoms with Gasteiger partial charge in [-0.05, 0) is 68.6 Å². The molecular formula is C16H25NO2. The smallest absolute Gasteiger partial charge is 0.223 e. The first-order chi connectivity index (χ1) is 9.06. The zero-order valence-electron chi connectivity index (χ0n) is 11.7. The average molecular weight is 263 g/mol. The first kappa shape index (κ1) is 12.2. The van der Waals surface area contributed by atoms with Crippen LogP contribution in [-0.4, -0.2) is 34.6 Å². The summed E-state index contributed by atoms with van der Waals surface area (Å²) in [5, 5.41) is 10.7. The van der Waals surface area contributed by atoms with E-state index in [1.54, 1.807) is 0 Å². The summed E-state index contributed by atoms with van der Waals surface area (Å²) in [6.45, 7) is 1.93. The van der Waals surface area contributed by atoms with Gasteiger partial charge < -0.3 is 10.0 Å². The predicted molar refractivity (Wildman–Crippen MR) is 72.5 cm³/mol. The Morgan fingerprint density at radius 1 is 1.11 bits per heavy atom. The summed E-state index contributed by atoms with van der Waals surface area (Å²) in [6.07, 6.45) is 9.67. The normalized spacial score (nSPS) is 47.9. The molecule has 0 spiro atoms. The molecule has 5 fully saturated rings. The molecule has 0 aromatic carbocycles. The molecule has 4 aliphatic carbocycles. The highest BCUT2D eigenvalue weighted by Gasteiger charge is 2.57. The first-order valence-electron chi connectivity index (χ1n) is 8.06. The molecule has 3 nitrogen and oxygen atoms in total. The van der Waals surface area contributed by atoms with E-state index in [9.17, 15) is 9.90 Å². The number of likely N-dealkylation sites (tertiary alicyclic amines) is 1. The van der Waals surface area contributed by atoms with Gasteiger partial charge in [-0.1, -0.05) is 0 Å². The van der Waals surface area contributed by atoms with Gasteiger partial charge in [0.1, 0.15) is 0 Å². The fraction of sp³-hybridized carbons (Fsp3) is 0.938. The average Bonchev–Trinajstić information content (AvgIpc) is 2.77. The van der Waals surface area contributed by atoms with Crippen LogP contribution in [0.2, 0.25) is 0 Å². The molecule has 1 saturated heterocycles. The minimum absolute atomic E-state index is 0.151. The van der Waals surface area contributed by atoms with Crippen LogP contribution in [0.3, 0.4) is 0 Å². The number of hydrogen-bond donors (Lipinski definition) is 1. The molecule has 2 atom stereocenters. The molecule has 5 aliphatic rings. The van der Waals surface area contributed by atoms with E-state index in [1.165, 1.54) is 32.1 Å². The maximum atomic E-state index is 12.5. The Balaban J connectivity index is 1.52. The monoisotopic (exact) mass is 263 g/mol. The second-order valence-corrected chi connectivity index (χ2v) is 7.95. The minimum atomic E-state index is -0.421. The summed E-state index contributed by atoms with van der Waals surface area (Å²) in [6, 6.07) is 0. The van der Waals surface area contributed by atoms with Gasteiger partial charge in [0.05, 0.1) is 5.60 Å². The molecule has 1 amide bonds. The Hall–Kier alpha value is -0.570. The Bertz CT molecular complexity index is 386. The third-order valence-electron chi connectivity index (χ3n) is 6.14. The van der Waals surface area contributed by atoms with Crippen LogP contribution in [-0.2, 0) is 4.79 Å². The summed E-state index contributed by atoms with van der Waals surface area (Å²) < 4.78 is 0. The third kappa shape index (κ3) is 2.01. The van der Waals surface area contributed by atoms with Crippen molar-refractivity contribution in [3.05, 3.63) is 0 Å². The molecule has 19 heavy (non-hydrogen) atoms. The van der Waals surface area contributed by atoms with E-state index >= 15 is 0 Å². The molecule has 1 aliphatic heterocycles. The van der Waals surface area contributed by atoms with Crippen molar-refractivity contribution in [2.75, 3.05) is 13.1 Å². The maximum Gasteiger partial charge on any atom is 0.223 e. The van der Waals surface area contributed by atoms with Crippen LogP contribution in [0, 0.1) is 17.3 Å². The van der Waals surface area contributed by atoms with E-state index in [4.69, 9.17) is 0 Å². The van der Waals surface area contributed by atoms with Gasteiger partial charge >= 0.3 is 0 Å². The lowest BCUT2D eigenvalue weighted by molar-refractivity contribution is -0.171. The van der Waals surface area contributed by atoms with Gasteiger partial charge in [-0.3, -0.25) is 4.79 Å². The number of hydrogen-bond acceptors (Lipinski definition) is 2. The number of amides is 1. The zero-order valence-corrected chi connectivity index (χ0v) is 11.7. The summed E-state index contributed by atoms with van der Waals surface area (Å²) in [5.74, 6) is 1.75. The molecule has 3 heteroatoms. The van der Waals surface area contributed by atoms with Crippen molar-refractivity contribution in [1.29, 1.82) is 0 Å². The van der Waals surface area contributed by atoms with Crippen molar-refractivity contribution in [1.82, 2.24) is 4.90 Å². The Labute approximate surface area is 115 Å². The molecule has 1 N–H and O–H groups in total. The first-order valence-corrected chi connectivity index (χ1v) is 8.06. The molecule has 4 bridgehead atoms. The van der Waals surface area contributed by atoms with Gasteiger partial charge in [-0.25, -0.2) is 0 Å². The van der Waals surface area contributed by atoms with Crippen molar-refractivity contribution in [3.63, 3.8) is 0 Å². The molecular weight excluding hydrogens is 238 g/mol. The van der Waals surface area contributed by atoms with E-state index in [2.05, 4.69) is 4.90 Å². The van der Waals surface area contributed by atoms with E-state index < -0.39 is 5.60 Å². The molecule has 1 heterocycles. The summed E-state index contributed by atoms with van der Waals surface area (Å²) in [4.78, 5) is 14.5. The van der Waals surface area contributed by atoms with Gasteiger partial charge in [0.2, 0.25) is 5.91 Å². The summed E-state index contributed by atoms with van der Waals surface area (Å²) >= 11 is 0. The van der Waals surface area contributed by atoms with Gasteiger partial charge in [0.15, 0.2) is 0 Å². The lowest BCUT2D eigenvalue weighted by atomic mass is 9.47. The topological polar surface area (TPSA) is 40.5 Å². The SMILES string of the molecule is O=C(CC12CC3CC(CC(O)(C3)C1)C2)N1CCCC1. The number of rotatable bonds is 2. The largest absolute Gasteiger partial charge is 0.390 e. The zero-order chi connectivity index (χ0) is 13.1. The van der Waals surface area contributed by atoms with Crippen molar-refractivity contribution in [2.24, 2.45) is 17.3 Å². The van der Waals surface area contributed by atoms with E-state index in [0.29, 0.717) is 24.2 Å². The van der Waals surface area contributed by atoms with Crippen LogP contribution in [0.1, 0.15) is 57.8 Å². The molecule has 0 aromatic rings. The lowest BCUT2D eigenvalue weighted by Gasteiger charge is -2.60. The fourth-order valence-electron chi connectivity index (χ4n) is 6.01. The standard InChI is InChI=1S/C16H25NO2/c18-14(17-3-1-2-4-17)10-15-6-12-5-13(7-15)9-16(19,8-12)11-15/h12-13,19H,1-11H2. The lowest BCUT2D eigenvalue weighted by Crippen LogP contribution is -2.56. The van der Waals surface area contributed by atoms with Gasteiger partial charge in [0.25, 0.3) is 0 Å². The number of carbonyl (C=O) groups is 1.